The number of aromatic amines is 1. The molecule has 2 rings (SSSR count). The van der Waals surface area contributed by atoms with Gasteiger partial charge in [0, 0.05) is 0 Å². The number of nitrogens with one attached hydrogen (secondary N) is 2. The summed E-state index contributed by atoms with van der Waals surface area (Å²) in [6, 6.07) is 7.26. The molecule has 9 heteroatoms. The average Bonchev–Trinajstić information content (AvgIpc) is 2.57. The van der Waals surface area contributed by atoms with Gasteiger partial charge in [-0.2, -0.15) is 4.39 Å². The number of methoxy groups -OCH3 is 1. The molecule has 0 spiro atoms. The van der Waals surface area contributed by atoms with Crippen LogP contribution in [0.25, 0.3) is 0 Å². The Bertz CT molecular complexity index is 859. The van der Waals surface area contributed by atoms with Gasteiger partial charge in [-0.3, -0.25) is 19.1 Å². The Balaban J connectivity index is 2.20. The van der Waals surface area contributed by atoms with Gasteiger partial charge >= 0.3 is 11.7 Å². The van der Waals surface area contributed by atoms with Gasteiger partial charge < -0.3 is 10.1 Å². The maximum atomic E-state index is 13.2. The minimum atomic E-state index is -1.20. The van der Waals surface area contributed by atoms with Gasteiger partial charge in [0.25, 0.3) is 5.56 Å². The van der Waals surface area contributed by atoms with Crippen molar-refractivity contribution in [2.24, 2.45) is 0 Å². The molecular formula is C15H14FN3O5. The summed E-state index contributed by atoms with van der Waals surface area (Å²) in [5.74, 6) is -2.63. The number of H-pyrrole nitrogens is 1. The van der Waals surface area contributed by atoms with Gasteiger partial charge in [0.05, 0.1) is 13.3 Å². The number of hydrogen-bond acceptors (Lipinski definition) is 5. The summed E-state index contributed by atoms with van der Waals surface area (Å²) in [4.78, 5) is 48.2. The minimum Gasteiger partial charge on any atom is -0.467 e. The first-order valence-electron chi connectivity index (χ1n) is 6.83. The number of esters is 1. The third-order valence-electron chi connectivity index (χ3n) is 3.16. The monoisotopic (exact) mass is 335 g/mol. The molecule has 0 aliphatic rings. The molecule has 0 aliphatic carbocycles. The van der Waals surface area contributed by atoms with E-state index in [1.54, 1.807) is 35.3 Å². The fourth-order valence-corrected chi connectivity index (χ4v) is 2.00. The minimum absolute atomic E-state index is 0.484. The van der Waals surface area contributed by atoms with Crippen molar-refractivity contribution in [2.45, 2.75) is 12.6 Å². The second kappa shape index (κ2) is 7.36. The quantitative estimate of drug-likeness (QED) is 0.729. The van der Waals surface area contributed by atoms with E-state index in [1.807, 2.05) is 0 Å². The first kappa shape index (κ1) is 17.1. The third kappa shape index (κ3) is 3.94. The van der Waals surface area contributed by atoms with Crippen molar-refractivity contribution in [3.05, 3.63) is 68.7 Å². The summed E-state index contributed by atoms with van der Waals surface area (Å²) in [6.07, 6.45) is 0.621. The predicted octanol–water partition coefficient (Wildman–Crippen LogP) is -0.294. The van der Waals surface area contributed by atoms with E-state index in [0.29, 0.717) is 16.3 Å². The molecule has 1 aromatic carbocycles. The van der Waals surface area contributed by atoms with Gasteiger partial charge in [0.2, 0.25) is 11.7 Å². The van der Waals surface area contributed by atoms with Crippen molar-refractivity contribution < 1.29 is 18.7 Å². The van der Waals surface area contributed by atoms with E-state index >= 15 is 0 Å². The van der Waals surface area contributed by atoms with Gasteiger partial charge in [0.15, 0.2) is 6.04 Å². The van der Waals surface area contributed by atoms with E-state index in [-0.39, 0.29) is 0 Å². The molecule has 1 heterocycles. The van der Waals surface area contributed by atoms with Crippen molar-refractivity contribution in [3.63, 3.8) is 0 Å². The van der Waals surface area contributed by atoms with Crippen LogP contribution in [0.3, 0.4) is 0 Å². The third-order valence-corrected chi connectivity index (χ3v) is 3.16. The van der Waals surface area contributed by atoms with Crippen LogP contribution in [-0.4, -0.2) is 28.5 Å². The second-order valence-corrected chi connectivity index (χ2v) is 4.80. The highest BCUT2D eigenvalue weighted by atomic mass is 19.1. The summed E-state index contributed by atoms with van der Waals surface area (Å²) in [6.45, 7) is -0.577. The van der Waals surface area contributed by atoms with Crippen LogP contribution in [0.2, 0.25) is 0 Å². The summed E-state index contributed by atoms with van der Waals surface area (Å²) in [7, 11) is 1.17. The van der Waals surface area contributed by atoms with Gasteiger partial charge in [0.1, 0.15) is 6.54 Å². The molecule has 0 unspecified atom stereocenters. The maximum absolute atomic E-state index is 13.2. The lowest BCUT2D eigenvalue weighted by Crippen LogP contribution is -2.40. The van der Waals surface area contributed by atoms with Gasteiger partial charge in [-0.15, -0.1) is 0 Å². The van der Waals surface area contributed by atoms with Crippen molar-refractivity contribution in [1.82, 2.24) is 14.9 Å². The van der Waals surface area contributed by atoms with Crippen LogP contribution < -0.4 is 16.6 Å². The maximum Gasteiger partial charge on any atom is 0.333 e. The molecule has 0 bridgehead atoms. The Labute approximate surface area is 134 Å². The molecule has 0 fully saturated rings. The number of ether oxygens (including phenoxy) is 1. The smallest absolute Gasteiger partial charge is 0.333 e. The number of nitrogens with zero attached hydrogens (tertiary/aromatic N) is 1. The molecule has 0 radical (unpaired) electrons. The number of rotatable bonds is 5. The topological polar surface area (TPSA) is 110 Å². The molecule has 1 atom stereocenters. The first-order chi connectivity index (χ1) is 11.4. The zero-order valence-corrected chi connectivity index (χ0v) is 12.6. The van der Waals surface area contributed by atoms with Crippen LogP contribution in [-0.2, 0) is 20.9 Å². The number of amides is 1. The number of hydrogen-bond donors (Lipinski definition) is 2. The van der Waals surface area contributed by atoms with Crippen molar-refractivity contribution in [3.8, 4) is 0 Å². The van der Waals surface area contributed by atoms with Crippen LogP contribution in [0, 0.1) is 5.82 Å². The molecule has 0 saturated heterocycles. The molecule has 1 aromatic heterocycles. The molecule has 0 saturated carbocycles. The van der Waals surface area contributed by atoms with Crippen LogP contribution in [0.4, 0.5) is 4.39 Å². The van der Waals surface area contributed by atoms with Gasteiger partial charge in [-0.25, -0.2) is 9.59 Å². The lowest BCUT2D eigenvalue weighted by molar-refractivity contribution is -0.145. The lowest BCUT2D eigenvalue weighted by Gasteiger charge is -2.17. The first-order valence-corrected chi connectivity index (χ1v) is 6.83. The van der Waals surface area contributed by atoms with E-state index in [1.165, 1.54) is 7.11 Å². The molecule has 126 valence electrons. The van der Waals surface area contributed by atoms with Crippen LogP contribution in [0.5, 0.6) is 0 Å². The zero-order chi connectivity index (χ0) is 17.7. The van der Waals surface area contributed by atoms with Crippen LogP contribution >= 0.6 is 0 Å². The second-order valence-electron chi connectivity index (χ2n) is 4.80. The number of aromatic nitrogens is 2. The Morgan fingerprint density at radius 1 is 1.29 bits per heavy atom. The highest BCUT2D eigenvalue weighted by Crippen LogP contribution is 2.14. The van der Waals surface area contributed by atoms with Crippen molar-refractivity contribution >= 4 is 11.9 Å². The summed E-state index contributed by atoms with van der Waals surface area (Å²) < 4.78 is 18.5. The molecule has 2 N–H and O–H groups in total. The molecule has 8 nitrogen and oxygen atoms in total. The van der Waals surface area contributed by atoms with Crippen molar-refractivity contribution in [1.29, 1.82) is 0 Å². The van der Waals surface area contributed by atoms with E-state index in [9.17, 15) is 23.6 Å². The van der Waals surface area contributed by atoms with Crippen LogP contribution in [0.15, 0.2) is 46.1 Å². The fourth-order valence-electron chi connectivity index (χ4n) is 2.00. The predicted molar refractivity (Wildman–Crippen MR) is 80.6 cm³/mol. The van der Waals surface area contributed by atoms with E-state index in [0.717, 1.165) is 0 Å². The molecule has 1 amide bonds. The number of benzene rings is 1. The highest BCUT2D eigenvalue weighted by molar-refractivity contribution is 5.85. The largest absolute Gasteiger partial charge is 0.467 e. The summed E-state index contributed by atoms with van der Waals surface area (Å²) in [5.41, 5.74) is -1.63. The molecular weight excluding hydrogens is 321 g/mol. The van der Waals surface area contributed by atoms with Gasteiger partial charge in [-0.05, 0) is 5.56 Å². The van der Waals surface area contributed by atoms with E-state index < -0.39 is 41.5 Å². The van der Waals surface area contributed by atoms with E-state index in [2.05, 4.69) is 10.1 Å². The average molecular weight is 335 g/mol. The Morgan fingerprint density at radius 2 is 1.96 bits per heavy atom. The highest BCUT2D eigenvalue weighted by Gasteiger charge is 2.23. The number of carbonyl (C=O) groups excluding carboxylic acids is 2. The summed E-state index contributed by atoms with van der Waals surface area (Å²) >= 11 is 0. The van der Waals surface area contributed by atoms with Gasteiger partial charge in [-0.1, -0.05) is 30.3 Å². The Hall–Kier alpha value is -3.23. The van der Waals surface area contributed by atoms with Crippen LogP contribution in [0.1, 0.15) is 11.6 Å². The SMILES string of the molecule is COC(=O)[C@@H](NC(=O)Cn1cc(F)c(=O)[nH]c1=O)c1ccccc1. The number of halogens is 1. The zero-order valence-electron chi connectivity index (χ0n) is 12.6. The standard InChI is InChI=1S/C15H14FN3O5/c1-24-14(22)12(9-5-3-2-4-6-9)17-11(20)8-19-7-10(16)13(21)18-15(19)23/h2-7,12H,8H2,1H3,(H,17,20)(H,18,21,23)/t12-/m0/s1. The van der Waals surface area contributed by atoms with E-state index in [4.69, 9.17) is 0 Å². The Morgan fingerprint density at radius 3 is 2.58 bits per heavy atom. The Kier molecular flexibility index (Phi) is 5.25. The number of carbonyl (C=O) groups is 2. The normalized spacial score (nSPS) is 11.6. The lowest BCUT2D eigenvalue weighted by atomic mass is 10.1. The molecule has 24 heavy (non-hydrogen) atoms. The fraction of sp³-hybridized carbons (Fsp3) is 0.200. The van der Waals surface area contributed by atoms with Crippen molar-refractivity contribution in [2.75, 3.05) is 7.11 Å². The molecule has 0 aliphatic heterocycles. The summed E-state index contributed by atoms with van der Waals surface area (Å²) in [5, 5.41) is 2.41. The molecule has 2 aromatic rings.